The summed E-state index contributed by atoms with van der Waals surface area (Å²) < 4.78 is 13.3. The van der Waals surface area contributed by atoms with Gasteiger partial charge in [0.05, 0.1) is 18.5 Å². The van der Waals surface area contributed by atoms with Crippen LogP contribution in [0.2, 0.25) is 0 Å². The predicted octanol–water partition coefficient (Wildman–Crippen LogP) is 7.74. The van der Waals surface area contributed by atoms with Crippen molar-refractivity contribution in [3.8, 4) is 23.1 Å². The van der Waals surface area contributed by atoms with Gasteiger partial charge in [-0.3, -0.25) is 4.79 Å². The summed E-state index contributed by atoms with van der Waals surface area (Å²) in [6, 6.07) is 20.9. The smallest absolute Gasteiger partial charge is 0.223 e. The van der Waals surface area contributed by atoms with Crippen molar-refractivity contribution < 1.29 is 14.3 Å². The van der Waals surface area contributed by atoms with Crippen LogP contribution in [0.3, 0.4) is 0 Å². The number of methoxy groups -OCH3 is 1. The van der Waals surface area contributed by atoms with E-state index in [0.717, 1.165) is 39.8 Å². The van der Waals surface area contributed by atoms with E-state index in [1.165, 1.54) is 0 Å². The molecule has 0 unspecified atom stereocenters. The van der Waals surface area contributed by atoms with Crippen molar-refractivity contribution in [1.29, 1.82) is 0 Å². The second-order valence-corrected chi connectivity index (χ2v) is 8.21. The van der Waals surface area contributed by atoms with Crippen LogP contribution in [0, 0.1) is 0 Å². The first-order chi connectivity index (χ1) is 17.0. The van der Waals surface area contributed by atoms with Crippen molar-refractivity contribution >= 4 is 34.2 Å². The highest BCUT2D eigenvalue weighted by atomic mass is 35.5. The van der Waals surface area contributed by atoms with Gasteiger partial charge in [0.15, 0.2) is 0 Å². The van der Waals surface area contributed by atoms with E-state index < -0.39 is 0 Å². The number of nitrogens with zero attached hydrogens (tertiary/aromatic N) is 2. The van der Waals surface area contributed by atoms with Gasteiger partial charge in [-0.1, -0.05) is 48.5 Å². The summed E-state index contributed by atoms with van der Waals surface area (Å²) in [5.74, 6) is 1.95. The summed E-state index contributed by atoms with van der Waals surface area (Å²) in [6.45, 7) is 5.67. The van der Waals surface area contributed by atoms with E-state index in [2.05, 4.69) is 12.6 Å². The lowest BCUT2D eigenvalue weighted by molar-refractivity contribution is 0.112. The molecule has 6 heteroatoms. The minimum atomic E-state index is 0.546. The van der Waals surface area contributed by atoms with Gasteiger partial charge < -0.3 is 9.47 Å². The van der Waals surface area contributed by atoms with E-state index >= 15 is 0 Å². The molecule has 5 nitrogen and oxygen atoms in total. The molecule has 1 heterocycles. The van der Waals surface area contributed by atoms with Crippen LogP contribution in [0.15, 0.2) is 96.6 Å². The Labute approximate surface area is 209 Å². The molecular formula is C29H25ClN2O3. The molecule has 4 aromatic rings. The predicted molar refractivity (Wildman–Crippen MR) is 142 cm³/mol. The average molecular weight is 485 g/mol. The highest BCUT2D eigenvalue weighted by Crippen LogP contribution is 2.31. The molecule has 0 saturated heterocycles. The Hall–Kier alpha value is -4.09. The third kappa shape index (κ3) is 5.53. The zero-order valence-electron chi connectivity index (χ0n) is 19.6. The molecule has 0 aliphatic carbocycles. The van der Waals surface area contributed by atoms with E-state index in [1.807, 2.05) is 55.5 Å². The molecule has 0 atom stereocenters. The molecule has 0 fully saturated rings. The van der Waals surface area contributed by atoms with Crippen molar-refractivity contribution in [1.82, 2.24) is 9.78 Å². The SMILES string of the molecule is C=CC(Cl)=CC/C(=C\C)c1cc(Oc2ccc(C=O)cc2)n(-c2ccc3cc(OC)ccc3c2)n1. The normalized spacial score (nSPS) is 12.0. The Morgan fingerprint density at radius 2 is 1.74 bits per heavy atom. The summed E-state index contributed by atoms with van der Waals surface area (Å²) in [6.07, 6.45) is 6.91. The molecule has 0 aliphatic heterocycles. The zero-order valence-corrected chi connectivity index (χ0v) is 20.3. The molecule has 0 radical (unpaired) electrons. The largest absolute Gasteiger partial charge is 0.497 e. The van der Waals surface area contributed by atoms with Gasteiger partial charge in [0, 0.05) is 16.7 Å². The van der Waals surface area contributed by atoms with Crippen molar-refractivity contribution in [2.24, 2.45) is 0 Å². The monoisotopic (exact) mass is 484 g/mol. The van der Waals surface area contributed by atoms with Crippen LogP contribution in [-0.4, -0.2) is 23.2 Å². The van der Waals surface area contributed by atoms with Crippen molar-refractivity contribution in [3.63, 3.8) is 0 Å². The number of benzene rings is 3. The number of aromatic nitrogens is 2. The molecule has 176 valence electrons. The maximum absolute atomic E-state index is 11.0. The molecular weight excluding hydrogens is 460 g/mol. The van der Waals surface area contributed by atoms with Gasteiger partial charge in [-0.15, -0.1) is 0 Å². The third-order valence-corrected chi connectivity index (χ3v) is 5.89. The average Bonchev–Trinajstić information content (AvgIpc) is 3.31. The number of rotatable bonds is 9. The second-order valence-electron chi connectivity index (χ2n) is 7.78. The topological polar surface area (TPSA) is 53.4 Å². The molecule has 3 aromatic carbocycles. The summed E-state index contributed by atoms with van der Waals surface area (Å²) in [5.41, 5.74) is 3.20. The number of carbonyl (C=O) groups is 1. The maximum atomic E-state index is 11.0. The lowest BCUT2D eigenvalue weighted by atomic mass is 10.1. The van der Waals surface area contributed by atoms with Crippen molar-refractivity contribution in [2.45, 2.75) is 13.3 Å². The summed E-state index contributed by atoms with van der Waals surface area (Å²) >= 11 is 6.13. The van der Waals surface area contributed by atoms with E-state index in [-0.39, 0.29) is 0 Å². The van der Waals surface area contributed by atoms with Crippen LogP contribution in [0.4, 0.5) is 0 Å². The molecule has 0 spiro atoms. The van der Waals surface area contributed by atoms with Crippen LogP contribution >= 0.6 is 11.6 Å². The standard InChI is InChI=1S/C29H25ClN2O3/c1-4-21(8-11-24(30)5-2)28-18-29(35-26-13-6-20(19-33)7-14-26)32(31-28)25-12-9-23-17-27(34-3)15-10-22(23)16-25/h4-7,9-19H,2,8H2,1,3H3/b21-4+,24-11?. The van der Waals surface area contributed by atoms with Gasteiger partial charge in [-0.05, 0) is 78.2 Å². The zero-order chi connectivity index (χ0) is 24.8. The first-order valence-corrected chi connectivity index (χ1v) is 11.5. The minimum Gasteiger partial charge on any atom is -0.497 e. The number of hydrogen-bond acceptors (Lipinski definition) is 4. The van der Waals surface area contributed by atoms with Crippen LogP contribution in [0.1, 0.15) is 29.4 Å². The molecule has 0 aliphatic rings. The number of halogens is 1. The highest BCUT2D eigenvalue weighted by molar-refractivity contribution is 6.31. The van der Waals surface area contributed by atoms with Gasteiger partial charge in [0.2, 0.25) is 5.88 Å². The van der Waals surface area contributed by atoms with Gasteiger partial charge in [-0.25, -0.2) is 4.68 Å². The van der Waals surface area contributed by atoms with Gasteiger partial charge in [-0.2, -0.15) is 5.10 Å². The Morgan fingerprint density at radius 1 is 1.03 bits per heavy atom. The van der Waals surface area contributed by atoms with Crippen LogP contribution in [0.5, 0.6) is 17.4 Å². The maximum Gasteiger partial charge on any atom is 0.223 e. The molecule has 0 bridgehead atoms. The van der Waals surface area contributed by atoms with Crippen LogP contribution < -0.4 is 9.47 Å². The van der Waals surface area contributed by atoms with Gasteiger partial charge in [0.25, 0.3) is 0 Å². The fourth-order valence-electron chi connectivity index (χ4n) is 3.64. The third-order valence-electron chi connectivity index (χ3n) is 5.58. The highest BCUT2D eigenvalue weighted by Gasteiger charge is 2.15. The number of carbonyl (C=O) groups excluding carboxylic acids is 1. The minimum absolute atomic E-state index is 0.546. The first-order valence-electron chi connectivity index (χ1n) is 11.1. The molecule has 0 N–H and O–H groups in total. The summed E-state index contributed by atoms with van der Waals surface area (Å²) in [7, 11) is 1.66. The van der Waals surface area contributed by atoms with E-state index in [9.17, 15) is 4.79 Å². The summed E-state index contributed by atoms with van der Waals surface area (Å²) in [5, 5.41) is 7.56. The van der Waals surface area contributed by atoms with Crippen molar-refractivity contribution in [3.05, 3.63) is 108 Å². The lowest BCUT2D eigenvalue weighted by Gasteiger charge is -2.10. The molecule has 4 rings (SSSR count). The van der Waals surface area contributed by atoms with Crippen molar-refractivity contribution in [2.75, 3.05) is 7.11 Å². The first kappa shape index (κ1) is 24.0. The van der Waals surface area contributed by atoms with Crippen LogP contribution in [-0.2, 0) is 0 Å². The summed E-state index contributed by atoms with van der Waals surface area (Å²) in [4.78, 5) is 11.0. The number of ether oxygens (including phenoxy) is 2. The second kappa shape index (κ2) is 10.9. The fraction of sp³-hybridized carbons (Fsp3) is 0.103. The molecule has 0 amide bonds. The Kier molecular flexibility index (Phi) is 7.48. The van der Waals surface area contributed by atoms with E-state index in [4.69, 9.17) is 26.2 Å². The fourth-order valence-corrected chi connectivity index (χ4v) is 3.72. The Bertz CT molecular complexity index is 1430. The molecule has 35 heavy (non-hydrogen) atoms. The lowest BCUT2D eigenvalue weighted by Crippen LogP contribution is -2.00. The molecule has 0 saturated carbocycles. The Balaban J connectivity index is 1.77. The number of allylic oxidation sites excluding steroid dienone is 5. The van der Waals surface area contributed by atoms with Gasteiger partial charge in [0.1, 0.15) is 17.8 Å². The number of fused-ring (bicyclic) bond motifs is 1. The molecule has 1 aromatic heterocycles. The van der Waals surface area contributed by atoms with Gasteiger partial charge >= 0.3 is 0 Å². The number of hydrogen-bond donors (Lipinski definition) is 0. The number of aldehydes is 1. The quantitative estimate of drug-likeness (QED) is 0.180. The van der Waals surface area contributed by atoms with E-state index in [0.29, 0.717) is 28.6 Å². The Morgan fingerprint density at radius 3 is 2.43 bits per heavy atom. The van der Waals surface area contributed by atoms with Crippen LogP contribution in [0.25, 0.3) is 22.0 Å². The van der Waals surface area contributed by atoms with E-state index in [1.54, 1.807) is 42.1 Å².